The van der Waals surface area contributed by atoms with Crippen molar-refractivity contribution in [3.05, 3.63) is 52.6 Å². The van der Waals surface area contributed by atoms with Crippen molar-refractivity contribution in [1.29, 1.82) is 0 Å². The van der Waals surface area contributed by atoms with Crippen LogP contribution in [0.4, 0.5) is 11.5 Å². The van der Waals surface area contributed by atoms with E-state index in [0.717, 1.165) is 0 Å². The third-order valence-corrected chi connectivity index (χ3v) is 8.23. The molecule has 7 nitrogen and oxygen atoms in total. The standard InChI is InChI=1S/C19H23N3O4S/c1-3-19(4-2)14-21(12-13-27(19,25)26)17-11-10-16(22(23)24)18(20-17)15-8-6-5-7-9-15/h5-11H,3-4,12-14H2,1-2H3. The van der Waals surface area contributed by atoms with Gasteiger partial charge >= 0.3 is 0 Å². The number of nitrogens with zero attached hydrogens (tertiary/aromatic N) is 3. The van der Waals surface area contributed by atoms with Gasteiger partial charge in [-0.3, -0.25) is 10.1 Å². The Bertz CT molecular complexity index is 941. The predicted molar refractivity (Wildman–Crippen MR) is 106 cm³/mol. The largest absolute Gasteiger partial charge is 0.354 e. The smallest absolute Gasteiger partial charge is 0.295 e. The number of anilines is 1. The van der Waals surface area contributed by atoms with Crippen molar-refractivity contribution < 1.29 is 13.3 Å². The fourth-order valence-electron chi connectivity index (χ4n) is 3.65. The average Bonchev–Trinajstić information content (AvgIpc) is 2.68. The minimum absolute atomic E-state index is 0.0631. The monoisotopic (exact) mass is 389 g/mol. The summed E-state index contributed by atoms with van der Waals surface area (Å²) in [5.41, 5.74) is 0.893. The zero-order valence-corrected chi connectivity index (χ0v) is 16.3. The Morgan fingerprint density at radius 1 is 1.15 bits per heavy atom. The molecule has 0 saturated carbocycles. The van der Waals surface area contributed by atoms with Crippen molar-refractivity contribution in [2.24, 2.45) is 0 Å². The van der Waals surface area contributed by atoms with E-state index in [2.05, 4.69) is 4.98 Å². The van der Waals surface area contributed by atoms with Crippen LogP contribution < -0.4 is 4.90 Å². The first-order valence-electron chi connectivity index (χ1n) is 9.01. The summed E-state index contributed by atoms with van der Waals surface area (Å²) in [5.74, 6) is 0.634. The van der Waals surface area contributed by atoms with E-state index in [4.69, 9.17) is 0 Å². The number of aromatic nitrogens is 1. The van der Waals surface area contributed by atoms with E-state index >= 15 is 0 Å². The highest BCUT2D eigenvalue weighted by atomic mass is 32.2. The third kappa shape index (κ3) is 3.41. The molecule has 0 spiro atoms. The van der Waals surface area contributed by atoms with Crippen LogP contribution >= 0.6 is 0 Å². The number of nitro groups is 1. The molecular formula is C19H23N3O4S. The molecule has 1 aliphatic rings. The van der Waals surface area contributed by atoms with Crippen molar-refractivity contribution in [2.75, 3.05) is 23.7 Å². The van der Waals surface area contributed by atoms with Gasteiger partial charge in [0.25, 0.3) is 5.69 Å². The van der Waals surface area contributed by atoms with Crippen molar-refractivity contribution in [3.63, 3.8) is 0 Å². The summed E-state index contributed by atoms with van der Waals surface area (Å²) in [7, 11) is -3.19. The highest BCUT2D eigenvalue weighted by Crippen LogP contribution is 2.35. The van der Waals surface area contributed by atoms with Gasteiger partial charge in [-0.2, -0.15) is 0 Å². The van der Waals surface area contributed by atoms with Crippen LogP contribution in [-0.4, -0.2) is 41.9 Å². The van der Waals surface area contributed by atoms with Crippen LogP contribution in [0.5, 0.6) is 0 Å². The van der Waals surface area contributed by atoms with Gasteiger partial charge in [0, 0.05) is 24.7 Å². The summed E-state index contributed by atoms with van der Waals surface area (Å²) in [5, 5.41) is 11.4. The quantitative estimate of drug-likeness (QED) is 0.574. The van der Waals surface area contributed by atoms with E-state index in [1.54, 1.807) is 30.3 Å². The molecule has 27 heavy (non-hydrogen) atoms. The molecule has 1 aromatic heterocycles. The maximum absolute atomic E-state index is 12.6. The summed E-state index contributed by atoms with van der Waals surface area (Å²) in [4.78, 5) is 17.5. The Balaban J connectivity index is 2.04. The molecule has 0 radical (unpaired) electrons. The zero-order chi connectivity index (χ0) is 19.7. The molecule has 0 amide bonds. The molecule has 144 valence electrons. The number of pyridine rings is 1. The second-order valence-corrected chi connectivity index (χ2v) is 9.29. The van der Waals surface area contributed by atoms with Crippen LogP contribution in [0.3, 0.4) is 0 Å². The van der Waals surface area contributed by atoms with Gasteiger partial charge in [-0.1, -0.05) is 44.2 Å². The van der Waals surface area contributed by atoms with E-state index in [1.807, 2.05) is 24.8 Å². The molecule has 2 heterocycles. The molecule has 0 N–H and O–H groups in total. The van der Waals surface area contributed by atoms with Gasteiger partial charge in [0.05, 0.1) is 15.4 Å². The number of hydrogen-bond acceptors (Lipinski definition) is 6. The molecular weight excluding hydrogens is 366 g/mol. The Morgan fingerprint density at radius 3 is 2.41 bits per heavy atom. The maximum Gasteiger partial charge on any atom is 0.295 e. The molecule has 1 saturated heterocycles. The number of rotatable bonds is 5. The molecule has 1 aromatic carbocycles. The summed E-state index contributed by atoms with van der Waals surface area (Å²) in [6.45, 7) is 4.47. The van der Waals surface area contributed by atoms with Gasteiger partial charge in [0.2, 0.25) is 0 Å². The minimum atomic E-state index is -3.19. The summed E-state index contributed by atoms with van der Waals surface area (Å²) < 4.78 is 24.5. The Hall–Kier alpha value is -2.48. The number of hydrogen-bond donors (Lipinski definition) is 0. The summed E-state index contributed by atoms with van der Waals surface area (Å²) in [6.07, 6.45) is 1.06. The van der Waals surface area contributed by atoms with Crippen LogP contribution in [0.1, 0.15) is 26.7 Å². The minimum Gasteiger partial charge on any atom is -0.354 e. The normalized spacial score (nSPS) is 18.2. The van der Waals surface area contributed by atoms with Gasteiger partial charge in [0.15, 0.2) is 15.5 Å². The fraction of sp³-hybridized carbons (Fsp3) is 0.421. The molecule has 0 bridgehead atoms. The topological polar surface area (TPSA) is 93.4 Å². The van der Waals surface area contributed by atoms with E-state index in [0.29, 0.717) is 43.0 Å². The second kappa shape index (κ2) is 7.26. The number of benzene rings is 1. The van der Waals surface area contributed by atoms with Crippen molar-refractivity contribution in [1.82, 2.24) is 4.98 Å². The SMILES string of the molecule is CCC1(CC)CN(c2ccc([N+](=O)[O-])c(-c3ccccc3)n2)CCS1(=O)=O. The van der Waals surface area contributed by atoms with Crippen molar-refractivity contribution >= 4 is 21.3 Å². The molecule has 1 aliphatic heterocycles. The lowest BCUT2D eigenvalue weighted by Gasteiger charge is -2.42. The van der Waals surface area contributed by atoms with Gasteiger partial charge in [-0.25, -0.2) is 13.4 Å². The van der Waals surface area contributed by atoms with Crippen LogP contribution in [0.25, 0.3) is 11.3 Å². The molecule has 3 rings (SSSR count). The van der Waals surface area contributed by atoms with Crippen molar-refractivity contribution in [3.8, 4) is 11.3 Å². The second-order valence-electron chi connectivity index (χ2n) is 6.79. The molecule has 1 fully saturated rings. The predicted octanol–water partition coefficient (Wildman–Crippen LogP) is 3.45. The highest BCUT2D eigenvalue weighted by Gasteiger charge is 2.45. The summed E-state index contributed by atoms with van der Waals surface area (Å²) >= 11 is 0. The van der Waals surface area contributed by atoms with Crippen LogP contribution in [0.15, 0.2) is 42.5 Å². The van der Waals surface area contributed by atoms with E-state index < -0.39 is 19.5 Å². The van der Waals surface area contributed by atoms with E-state index in [-0.39, 0.29) is 11.4 Å². The van der Waals surface area contributed by atoms with E-state index in [9.17, 15) is 18.5 Å². The lowest BCUT2D eigenvalue weighted by Crippen LogP contribution is -2.56. The molecule has 2 aromatic rings. The Kier molecular flexibility index (Phi) is 5.19. The fourth-order valence-corrected chi connectivity index (χ4v) is 5.78. The lowest BCUT2D eigenvalue weighted by atomic mass is 10.0. The lowest BCUT2D eigenvalue weighted by molar-refractivity contribution is -0.384. The van der Waals surface area contributed by atoms with Crippen LogP contribution in [-0.2, 0) is 9.84 Å². The summed E-state index contributed by atoms with van der Waals surface area (Å²) in [6, 6.07) is 12.1. The highest BCUT2D eigenvalue weighted by molar-refractivity contribution is 7.92. The first-order chi connectivity index (χ1) is 12.8. The number of sulfone groups is 1. The van der Waals surface area contributed by atoms with Crippen LogP contribution in [0, 0.1) is 10.1 Å². The van der Waals surface area contributed by atoms with E-state index in [1.165, 1.54) is 6.07 Å². The third-order valence-electron chi connectivity index (χ3n) is 5.48. The average molecular weight is 389 g/mol. The van der Waals surface area contributed by atoms with Gasteiger partial charge in [-0.05, 0) is 18.9 Å². The Morgan fingerprint density at radius 2 is 1.81 bits per heavy atom. The molecule has 0 aliphatic carbocycles. The first kappa shape index (κ1) is 19.3. The van der Waals surface area contributed by atoms with Crippen LogP contribution in [0.2, 0.25) is 0 Å². The maximum atomic E-state index is 12.6. The molecule has 0 atom stereocenters. The van der Waals surface area contributed by atoms with Gasteiger partial charge < -0.3 is 4.90 Å². The van der Waals surface area contributed by atoms with Crippen molar-refractivity contribution in [2.45, 2.75) is 31.4 Å². The van der Waals surface area contributed by atoms with Gasteiger partial charge in [-0.15, -0.1) is 0 Å². The molecule has 0 unspecified atom stereocenters. The zero-order valence-electron chi connectivity index (χ0n) is 15.5. The molecule has 8 heteroatoms. The Labute approximate surface area is 159 Å². The van der Waals surface area contributed by atoms with Gasteiger partial charge in [0.1, 0.15) is 5.82 Å². The first-order valence-corrected chi connectivity index (χ1v) is 10.7.